The Hall–Kier alpha value is -4.91. The van der Waals surface area contributed by atoms with Gasteiger partial charge < -0.3 is 21.3 Å². The van der Waals surface area contributed by atoms with Crippen LogP contribution in [0.5, 0.6) is 0 Å². The summed E-state index contributed by atoms with van der Waals surface area (Å²) in [5.41, 5.74) is 8.87. The lowest BCUT2D eigenvalue weighted by Crippen LogP contribution is -2.06. The average molecular weight is 502 g/mol. The van der Waals surface area contributed by atoms with E-state index in [0.717, 1.165) is 50.6 Å². The van der Waals surface area contributed by atoms with Crippen LogP contribution in [0.2, 0.25) is 0 Å². The molecule has 0 saturated carbocycles. The molecule has 0 bridgehead atoms. The molecule has 5 aromatic rings. The van der Waals surface area contributed by atoms with Gasteiger partial charge in [0, 0.05) is 50.4 Å². The lowest BCUT2D eigenvalue weighted by atomic mass is 9.96. The molecule has 0 radical (unpaired) electrons. The summed E-state index contributed by atoms with van der Waals surface area (Å²) in [5.74, 6) is 1.90. The molecule has 0 amide bonds. The Morgan fingerprint density at radius 1 is 0.421 bits per heavy atom. The molecule has 0 atom stereocenters. The van der Waals surface area contributed by atoms with Gasteiger partial charge in [-0.2, -0.15) is 0 Å². The normalized spacial score (nSPS) is 10.6. The number of hydrogen-bond acceptors (Lipinski definition) is 7. The Morgan fingerprint density at radius 3 is 1.29 bits per heavy atom. The van der Waals surface area contributed by atoms with E-state index < -0.39 is 0 Å². The van der Waals surface area contributed by atoms with Crippen molar-refractivity contribution >= 4 is 22.7 Å². The summed E-state index contributed by atoms with van der Waals surface area (Å²) in [6, 6.07) is 30.5. The second kappa shape index (κ2) is 11.0. The average Bonchev–Trinajstić information content (AvgIpc) is 3.00. The highest BCUT2D eigenvalue weighted by Crippen LogP contribution is 2.45. The van der Waals surface area contributed by atoms with Crippen molar-refractivity contribution in [3.8, 4) is 45.3 Å². The fourth-order valence-electron chi connectivity index (χ4n) is 4.64. The second-order valence-corrected chi connectivity index (χ2v) is 8.72. The minimum atomic E-state index is 0.621. The van der Waals surface area contributed by atoms with Crippen LogP contribution in [0.1, 0.15) is 0 Å². The molecule has 4 N–H and O–H groups in total. The standard InChI is InChI=1S/C31H31N7/c1-32-24-19-25(33-2)28(35-4)26(27(24)34-3)22-16-11-17-23(18-22)31-37-29(20-12-7-5-8-13-20)36-30(38-31)21-14-9-6-10-15-21/h5-19,32-35H,1-4H3. The number of benzene rings is 4. The lowest BCUT2D eigenvalue weighted by molar-refractivity contribution is 1.07. The Labute approximate surface area is 223 Å². The molecule has 1 aromatic heterocycles. The first-order chi connectivity index (χ1) is 18.7. The molecular weight excluding hydrogens is 470 g/mol. The number of hydrogen-bond donors (Lipinski definition) is 4. The third-order valence-corrected chi connectivity index (χ3v) is 6.47. The van der Waals surface area contributed by atoms with Crippen molar-refractivity contribution in [2.45, 2.75) is 0 Å². The highest BCUT2D eigenvalue weighted by atomic mass is 15.0. The number of aromatic nitrogens is 3. The van der Waals surface area contributed by atoms with Crippen LogP contribution in [0.25, 0.3) is 45.3 Å². The van der Waals surface area contributed by atoms with Crippen molar-refractivity contribution in [2.24, 2.45) is 0 Å². The molecule has 5 rings (SSSR count). The van der Waals surface area contributed by atoms with Crippen LogP contribution >= 0.6 is 0 Å². The number of rotatable bonds is 8. The van der Waals surface area contributed by atoms with Crippen molar-refractivity contribution in [1.29, 1.82) is 0 Å². The van der Waals surface area contributed by atoms with E-state index in [1.165, 1.54) is 0 Å². The van der Waals surface area contributed by atoms with Crippen molar-refractivity contribution in [3.63, 3.8) is 0 Å². The molecule has 1 heterocycles. The van der Waals surface area contributed by atoms with E-state index in [4.69, 9.17) is 15.0 Å². The first-order valence-electron chi connectivity index (χ1n) is 12.6. The predicted octanol–water partition coefficient (Wildman–Crippen LogP) is 6.71. The SMILES string of the molecule is CNc1cc(NC)c(NC)c(-c2cccc(-c3nc(-c4ccccc4)nc(-c4ccccc4)n3)c2)c1NC. The summed E-state index contributed by atoms with van der Waals surface area (Å²) in [6.45, 7) is 0. The first kappa shape index (κ1) is 24.8. The van der Waals surface area contributed by atoms with Gasteiger partial charge >= 0.3 is 0 Å². The van der Waals surface area contributed by atoms with Crippen molar-refractivity contribution < 1.29 is 0 Å². The molecule has 0 saturated heterocycles. The van der Waals surface area contributed by atoms with Crippen LogP contribution in [0.15, 0.2) is 91.0 Å². The zero-order chi connectivity index (χ0) is 26.5. The fourth-order valence-corrected chi connectivity index (χ4v) is 4.64. The molecule has 7 nitrogen and oxygen atoms in total. The maximum Gasteiger partial charge on any atom is 0.164 e. The highest BCUT2D eigenvalue weighted by molar-refractivity contribution is 6.01. The van der Waals surface area contributed by atoms with Crippen LogP contribution < -0.4 is 21.3 Å². The van der Waals surface area contributed by atoms with Crippen LogP contribution in [0.4, 0.5) is 22.7 Å². The largest absolute Gasteiger partial charge is 0.386 e. The van der Waals surface area contributed by atoms with Gasteiger partial charge in [0.15, 0.2) is 17.5 Å². The zero-order valence-corrected chi connectivity index (χ0v) is 22.0. The van der Waals surface area contributed by atoms with Gasteiger partial charge in [0.2, 0.25) is 0 Å². The van der Waals surface area contributed by atoms with Crippen LogP contribution in [-0.2, 0) is 0 Å². The Morgan fingerprint density at radius 2 is 0.842 bits per heavy atom. The Balaban J connectivity index is 1.72. The van der Waals surface area contributed by atoms with Crippen molar-refractivity contribution in [2.75, 3.05) is 49.5 Å². The smallest absolute Gasteiger partial charge is 0.164 e. The lowest BCUT2D eigenvalue weighted by Gasteiger charge is -2.22. The van der Waals surface area contributed by atoms with E-state index >= 15 is 0 Å². The van der Waals surface area contributed by atoms with E-state index in [9.17, 15) is 0 Å². The molecule has 0 spiro atoms. The van der Waals surface area contributed by atoms with E-state index in [-0.39, 0.29) is 0 Å². The number of nitrogens with zero attached hydrogens (tertiary/aromatic N) is 3. The topological polar surface area (TPSA) is 86.8 Å². The van der Waals surface area contributed by atoms with Crippen LogP contribution in [0, 0.1) is 0 Å². The zero-order valence-electron chi connectivity index (χ0n) is 22.0. The minimum absolute atomic E-state index is 0.621. The van der Waals surface area contributed by atoms with E-state index in [0.29, 0.717) is 17.5 Å². The molecule has 38 heavy (non-hydrogen) atoms. The molecule has 0 aliphatic heterocycles. The molecule has 4 aromatic carbocycles. The van der Waals surface area contributed by atoms with E-state index in [2.05, 4.69) is 39.5 Å². The third kappa shape index (κ3) is 4.74. The van der Waals surface area contributed by atoms with Crippen molar-refractivity contribution in [1.82, 2.24) is 15.0 Å². The molecule has 0 unspecified atom stereocenters. The monoisotopic (exact) mass is 501 g/mol. The van der Waals surface area contributed by atoms with Crippen molar-refractivity contribution in [3.05, 3.63) is 91.0 Å². The van der Waals surface area contributed by atoms with Gasteiger partial charge in [-0.1, -0.05) is 78.9 Å². The second-order valence-electron chi connectivity index (χ2n) is 8.72. The summed E-state index contributed by atoms with van der Waals surface area (Å²) >= 11 is 0. The number of nitrogens with one attached hydrogen (secondary N) is 4. The number of anilines is 4. The van der Waals surface area contributed by atoms with Gasteiger partial charge in [0.1, 0.15) is 0 Å². The van der Waals surface area contributed by atoms with Gasteiger partial charge in [-0.3, -0.25) is 0 Å². The Bertz CT molecular complexity index is 1460. The predicted molar refractivity (Wildman–Crippen MR) is 160 cm³/mol. The van der Waals surface area contributed by atoms with Crippen LogP contribution in [-0.4, -0.2) is 43.1 Å². The van der Waals surface area contributed by atoms with Gasteiger partial charge in [-0.25, -0.2) is 15.0 Å². The summed E-state index contributed by atoms with van der Waals surface area (Å²) in [5, 5.41) is 13.4. The van der Waals surface area contributed by atoms with E-state index in [1.807, 2.05) is 101 Å². The summed E-state index contributed by atoms with van der Waals surface area (Å²) < 4.78 is 0. The molecule has 0 aliphatic rings. The summed E-state index contributed by atoms with van der Waals surface area (Å²) in [7, 11) is 7.73. The molecule has 0 fully saturated rings. The first-order valence-corrected chi connectivity index (χ1v) is 12.6. The minimum Gasteiger partial charge on any atom is -0.386 e. The van der Waals surface area contributed by atoms with Gasteiger partial charge in [-0.05, 0) is 17.7 Å². The van der Waals surface area contributed by atoms with Gasteiger partial charge in [-0.15, -0.1) is 0 Å². The third-order valence-electron chi connectivity index (χ3n) is 6.47. The maximum absolute atomic E-state index is 4.91. The molecule has 7 heteroatoms. The maximum atomic E-state index is 4.91. The molecule has 190 valence electrons. The van der Waals surface area contributed by atoms with Gasteiger partial charge in [0.05, 0.1) is 22.7 Å². The fraction of sp³-hybridized carbons (Fsp3) is 0.129. The summed E-state index contributed by atoms with van der Waals surface area (Å²) in [4.78, 5) is 14.6. The summed E-state index contributed by atoms with van der Waals surface area (Å²) in [6.07, 6.45) is 0. The van der Waals surface area contributed by atoms with E-state index in [1.54, 1.807) is 0 Å². The molecule has 0 aliphatic carbocycles. The van der Waals surface area contributed by atoms with Crippen LogP contribution in [0.3, 0.4) is 0 Å². The Kier molecular flexibility index (Phi) is 7.17. The molecular formula is C31H31N7. The highest BCUT2D eigenvalue weighted by Gasteiger charge is 2.19. The quantitative estimate of drug-likeness (QED) is 0.188. The van der Waals surface area contributed by atoms with Gasteiger partial charge in [0.25, 0.3) is 0 Å².